The molecule has 2 aromatic carbocycles. The number of rotatable bonds is 14. The summed E-state index contributed by atoms with van der Waals surface area (Å²) < 4.78 is 18.3. The standard InChI is InChI=1S/C30H38N6O4/c1-35(2)16-7-15-31-27(37)9-6-8-21-10-12-24(13-11-21)36-17-14-22-20-32-30(34-29(22)36)33-23-18-25(38-3)28(40-5)26(19-23)39-4/h10-14,17-20H,6-9,15-16H2,1-5H3,(H,31,37)(H,32,33,34). The lowest BCUT2D eigenvalue weighted by atomic mass is 10.1. The van der Waals surface area contributed by atoms with Crippen LogP contribution in [0.15, 0.2) is 54.9 Å². The number of nitrogens with one attached hydrogen (secondary N) is 2. The van der Waals surface area contributed by atoms with Crippen LogP contribution in [-0.2, 0) is 11.2 Å². The number of aryl methyl sites for hydroxylation is 1. The van der Waals surface area contributed by atoms with E-state index < -0.39 is 0 Å². The van der Waals surface area contributed by atoms with E-state index >= 15 is 0 Å². The summed E-state index contributed by atoms with van der Waals surface area (Å²) >= 11 is 0. The van der Waals surface area contributed by atoms with Gasteiger partial charge in [-0.3, -0.25) is 4.79 Å². The van der Waals surface area contributed by atoms with Gasteiger partial charge in [0.2, 0.25) is 17.6 Å². The first kappa shape index (κ1) is 28.7. The number of benzene rings is 2. The molecule has 1 amide bonds. The lowest BCUT2D eigenvalue weighted by Crippen LogP contribution is -2.26. The number of carbonyl (C=O) groups excluding carboxylic acids is 1. The fraction of sp³-hybridized carbons (Fsp3) is 0.367. The number of methoxy groups -OCH3 is 3. The van der Waals surface area contributed by atoms with Gasteiger partial charge in [0, 0.05) is 54.3 Å². The third-order valence-electron chi connectivity index (χ3n) is 6.54. The summed E-state index contributed by atoms with van der Waals surface area (Å²) in [5.74, 6) is 2.15. The van der Waals surface area contributed by atoms with Crippen molar-refractivity contribution in [2.75, 3.05) is 53.8 Å². The summed E-state index contributed by atoms with van der Waals surface area (Å²) in [4.78, 5) is 23.4. The van der Waals surface area contributed by atoms with E-state index in [2.05, 4.69) is 44.8 Å². The Bertz CT molecular complexity index is 1390. The Morgan fingerprint density at radius 3 is 2.35 bits per heavy atom. The van der Waals surface area contributed by atoms with Crippen molar-refractivity contribution in [2.24, 2.45) is 0 Å². The van der Waals surface area contributed by atoms with Crippen molar-refractivity contribution >= 4 is 28.6 Å². The smallest absolute Gasteiger partial charge is 0.229 e. The van der Waals surface area contributed by atoms with Crippen molar-refractivity contribution in [3.63, 3.8) is 0 Å². The molecule has 0 aliphatic rings. The average molecular weight is 547 g/mol. The second kappa shape index (κ2) is 13.7. The molecule has 10 nitrogen and oxygen atoms in total. The molecular weight excluding hydrogens is 508 g/mol. The van der Waals surface area contributed by atoms with Gasteiger partial charge in [-0.2, -0.15) is 4.98 Å². The highest BCUT2D eigenvalue weighted by molar-refractivity contribution is 5.79. The fourth-order valence-corrected chi connectivity index (χ4v) is 4.46. The Hall–Kier alpha value is -4.31. The number of amides is 1. The van der Waals surface area contributed by atoms with Crippen LogP contribution in [0.3, 0.4) is 0 Å². The molecule has 0 radical (unpaired) electrons. The highest BCUT2D eigenvalue weighted by atomic mass is 16.5. The van der Waals surface area contributed by atoms with E-state index in [1.165, 1.54) is 5.56 Å². The van der Waals surface area contributed by atoms with E-state index in [1.807, 2.05) is 43.1 Å². The summed E-state index contributed by atoms with van der Waals surface area (Å²) in [7, 11) is 8.79. The molecule has 4 aromatic rings. The molecule has 2 N–H and O–H groups in total. The predicted molar refractivity (Wildman–Crippen MR) is 157 cm³/mol. The number of ether oxygens (including phenoxy) is 3. The second-order valence-electron chi connectivity index (χ2n) is 9.72. The number of hydrogen-bond donors (Lipinski definition) is 2. The third kappa shape index (κ3) is 7.20. The molecule has 0 bridgehead atoms. The zero-order valence-corrected chi connectivity index (χ0v) is 23.9. The maximum absolute atomic E-state index is 12.1. The van der Waals surface area contributed by atoms with Crippen molar-refractivity contribution in [2.45, 2.75) is 25.7 Å². The molecule has 40 heavy (non-hydrogen) atoms. The Morgan fingerprint density at radius 2 is 1.70 bits per heavy atom. The van der Waals surface area contributed by atoms with Crippen molar-refractivity contribution in [3.05, 3.63) is 60.4 Å². The van der Waals surface area contributed by atoms with E-state index in [4.69, 9.17) is 19.2 Å². The average Bonchev–Trinajstić information content (AvgIpc) is 3.38. The molecule has 2 aromatic heterocycles. The largest absolute Gasteiger partial charge is 0.493 e. The second-order valence-corrected chi connectivity index (χ2v) is 9.72. The van der Waals surface area contributed by atoms with Crippen molar-refractivity contribution in [1.82, 2.24) is 24.8 Å². The normalized spacial score (nSPS) is 11.1. The molecule has 0 spiro atoms. The summed E-state index contributed by atoms with van der Waals surface area (Å²) in [5, 5.41) is 7.17. The lowest BCUT2D eigenvalue weighted by Gasteiger charge is -2.14. The Kier molecular flexibility index (Phi) is 9.80. The van der Waals surface area contributed by atoms with E-state index in [0.29, 0.717) is 35.3 Å². The molecule has 0 fully saturated rings. The van der Waals surface area contributed by atoms with Crippen LogP contribution >= 0.6 is 0 Å². The molecule has 0 atom stereocenters. The molecule has 0 aliphatic carbocycles. The molecule has 10 heteroatoms. The lowest BCUT2D eigenvalue weighted by molar-refractivity contribution is -0.121. The van der Waals surface area contributed by atoms with Crippen LogP contribution in [0.25, 0.3) is 16.7 Å². The molecule has 4 rings (SSSR count). The van der Waals surface area contributed by atoms with Crippen LogP contribution in [-0.4, -0.2) is 73.9 Å². The molecule has 0 saturated carbocycles. The van der Waals surface area contributed by atoms with Gasteiger partial charge in [0.1, 0.15) is 5.65 Å². The fourth-order valence-electron chi connectivity index (χ4n) is 4.46. The molecule has 0 saturated heterocycles. The quantitative estimate of drug-likeness (QED) is 0.222. The zero-order valence-electron chi connectivity index (χ0n) is 23.9. The number of anilines is 2. The van der Waals surface area contributed by atoms with Crippen LogP contribution in [0.4, 0.5) is 11.6 Å². The highest BCUT2D eigenvalue weighted by Crippen LogP contribution is 2.40. The van der Waals surface area contributed by atoms with Gasteiger partial charge < -0.3 is 34.3 Å². The topological polar surface area (TPSA) is 103 Å². The molecule has 212 valence electrons. The minimum Gasteiger partial charge on any atom is -0.493 e. The first-order valence-electron chi connectivity index (χ1n) is 13.3. The van der Waals surface area contributed by atoms with Crippen molar-refractivity contribution in [3.8, 4) is 22.9 Å². The summed E-state index contributed by atoms with van der Waals surface area (Å²) in [6, 6.07) is 14.0. The van der Waals surface area contributed by atoms with Crippen molar-refractivity contribution < 1.29 is 19.0 Å². The highest BCUT2D eigenvalue weighted by Gasteiger charge is 2.14. The zero-order chi connectivity index (χ0) is 28.5. The van der Waals surface area contributed by atoms with E-state index in [-0.39, 0.29) is 5.91 Å². The molecule has 2 heterocycles. The summed E-state index contributed by atoms with van der Waals surface area (Å²) in [6.45, 7) is 1.69. The van der Waals surface area contributed by atoms with Crippen LogP contribution in [0.2, 0.25) is 0 Å². The van der Waals surface area contributed by atoms with E-state index in [1.54, 1.807) is 27.5 Å². The van der Waals surface area contributed by atoms with Gasteiger partial charge in [0.05, 0.1) is 21.3 Å². The van der Waals surface area contributed by atoms with Gasteiger partial charge in [0.15, 0.2) is 11.5 Å². The van der Waals surface area contributed by atoms with Gasteiger partial charge in [-0.25, -0.2) is 4.98 Å². The first-order chi connectivity index (χ1) is 19.4. The number of nitrogens with zero attached hydrogens (tertiary/aromatic N) is 4. The Labute approximate surface area is 235 Å². The summed E-state index contributed by atoms with van der Waals surface area (Å²) in [5.41, 5.74) is 3.68. The summed E-state index contributed by atoms with van der Waals surface area (Å²) in [6.07, 6.45) is 6.93. The van der Waals surface area contributed by atoms with E-state index in [9.17, 15) is 4.79 Å². The predicted octanol–water partition coefficient (Wildman–Crippen LogP) is 4.58. The Balaban J connectivity index is 1.41. The minimum atomic E-state index is 0.116. The van der Waals surface area contributed by atoms with Gasteiger partial charge in [-0.1, -0.05) is 12.1 Å². The van der Waals surface area contributed by atoms with Crippen molar-refractivity contribution in [1.29, 1.82) is 0 Å². The van der Waals surface area contributed by atoms with Crippen LogP contribution < -0.4 is 24.8 Å². The monoisotopic (exact) mass is 546 g/mol. The van der Waals surface area contributed by atoms with Gasteiger partial charge in [0.25, 0.3) is 0 Å². The maximum atomic E-state index is 12.1. The van der Waals surface area contributed by atoms with Crippen LogP contribution in [0.5, 0.6) is 17.2 Å². The molecule has 0 unspecified atom stereocenters. The third-order valence-corrected chi connectivity index (χ3v) is 6.54. The molecule has 0 aliphatic heterocycles. The first-order valence-corrected chi connectivity index (χ1v) is 13.3. The Morgan fingerprint density at radius 1 is 0.975 bits per heavy atom. The SMILES string of the molecule is COc1cc(Nc2ncc3ccn(-c4ccc(CCCC(=O)NCCCN(C)C)cc4)c3n2)cc(OC)c1OC. The number of aromatic nitrogens is 3. The number of fused-ring (bicyclic) bond motifs is 1. The van der Waals surface area contributed by atoms with E-state index in [0.717, 1.165) is 49.1 Å². The minimum absolute atomic E-state index is 0.116. The number of carbonyl (C=O) groups is 1. The van der Waals surface area contributed by atoms with Gasteiger partial charge in [-0.15, -0.1) is 0 Å². The van der Waals surface area contributed by atoms with Crippen LogP contribution in [0, 0.1) is 0 Å². The number of hydrogen-bond acceptors (Lipinski definition) is 8. The van der Waals surface area contributed by atoms with Gasteiger partial charge >= 0.3 is 0 Å². The maximum Gasteiger partial charge on any atom is 0.229 e. The van der Waals surface area contributed by atoms with Crippen LogP contribution in [0.1, 0.15) is 24.8 Å². The molecular formula is C30H38N6O4. The van der Waals surface area contributed by atoms with Gasteiger partial charge in [-0.05, 0) is 63.7 Å².